The molecule has 12 heteroatoms. The number of ether oxygens (including phenoxy) is 3. The number of hydrogen-bond donors (Lipinski definition) is 0. The van der Waals surface area contributed by atoms with Gasteiger partial charge in [-0.05, 0) is 37.7 Å². The Bertz CT molecular complexity index is 1330. The molecular weight excluding hydrogens is 549 g/mol. The molecule has 2 aliphatic carbocycles. The van der Waals surface area contributed by atoms with Crippen LogP contribution in [0.4, 0.5) is 13.2 Å². The van der Waals surface area contributed by atoms with E-state index in [1.807, 2.05) is 6.92 Å². The third-order valence-corrected chi connectivity index (χ3v) is 8.16. The lowest BCUT2D eigenvalue weighted by Gasteiger charge is -2.34. The molecule has 1 aliphatic heterocycles. The summed E-state index contributed by atoms with van der Waals surface area (Å²) >= 11 is 6.78. The lowest BCUT2D eigenvalue weighted by atomic mass is 9.82. The van der Waals surface area contributed by atoms with E-state index >= 15 is 0 Å². The van der Waals surface area contributed by atoms with Gasteiger partial charge in [-0.3, -0.25) is 9.58 Å². The van der Waals surface area contributed by atoms with E-state index in [0.717, 1.165) is 37.2 Å². The molecule has 3 heterocycles. The van der Waals surface area contributed by atoms with Crippen molar-refractivity contribution in [2.75, 3.05) is 39.5 Å². The van der Waals surface area contributed by atoms with Gasteiger partial charge in [-0.2, -0.15) is 18.3 Å². The fourth-order valence-corrected chi connectivity index (χ4v) is 5.63. The molecule has 3 fully saturated rings. The van der Waals surface area contributed by atoms with Crippen LogP contribution in [0.25, 0.3) is 22.6 Å². The van der Waals surface area contributed by atoms with Crippen LogP contribution in [0.5, 0.6) is 5.75 Å². The van der Waals surface area contributed by atoms with Crippen molar-refractivity contribution < 1.29 is 31.9 Å². The number of benzene rings is 1. The molecule has 0 amide bonds. The van der Waals surface area contributed by atoms with Crippen molar-refractivity contribution in [3.63, 3.8) is 0 Å². The van der Waals surface area contributed by atoms with Crippen LogP contribution in [0.2, 0.25) is 5.02 Å². The molecule has 0 unspecified atom stereocenters. The number of alkyl halides is 3. The molecule has 6 rings (SSSR count). The van der Waals surface area contributed by atoms with E-state index in [-0.39, 0.29) is 30.1 Å². The Kier molecular flexibility index (Phi) is 7.82. The van der Waals surface area contributed by atoms with Gasteiger partial charge in [0, 0.05) is 25.2 Å². The Morgan fingerprint density at radius 1 is 1.12 bits per heavy atom. The fourth-order valence-electron chi connectivity index (χ4n) is 5.36. The van der Waals surface area contributed by atoms with Gasteiger partial charge in [0.15, 0.2) is 11.5 Å². The Morgan fingerprint density at radius 2 is 1.90 bits per heavy atom. The Labute approximate surface area is 235 Å². The summed E-state index contributed by atoms with van der Waals surface area (Å²) in [6.07, 6.45) is -0.206. The topological polar surface area (TPSA) is 74.8 Å². The summed E-state index contributed by atoms with van der Waals surface area (Å²) in [6.45, 7) is 6.31. The monoisotopic (exact) mass is 580 g/mol. The van der Waals surface area contributed by atoms with E-state index in [2.05, 4.69) is 15.2 Å². The maximum Gasteiger partial charge on any atom is 0.433 e. The highest BCUT2D eigenvalue weighted by molar-refractivity contribution is 6.34. The molecule has 3 aromatic rings. The highest BCUT2D eigenvalue weighted by Crippen LogP contribution is 2.47. The van der Waals surface area contributed by atoms with Gasteiger partial charge >= 0.3 is 6.18 Å². The summed E-state index contributed by atoms with van der Waals surface area (Å²) in [7, 11) is 0. The summed E-state index contributed by atoms with van der Waals surface area (Å²) in [4.78, 5) is 2.25. The van der Waals surface area contributed by atoms with Crippen molar-refractivity contribution in [2.24, 2.45) is 5.92 Å². The van der Waals surface area contributed by atoms with Crippen LogP contribution >= 0.6 is 11.6 Å². The van der Waals surface area contributed by atoms with Gasteiger partial charge in [-0.25, -0.2) is 0 Å². The van der Waals surface area contributed by atoms with Crippen molar-refractivity contribution in [1.29, 1.82) is 0 Å². The van der Waals surface area contributed by atoms with Crippen LogP contribution in [0.1, 0.15) is 49.9 Å². The highest BCUT2D eigenvalue weighted by atomic mass is 35.5. The molecule has 1 saturated heterocycles. The lowest BCUT2D eigenvalue weighted by Crippen LogP contribution is -2.38. The van der Waals surface area contributed by atoms with Crippen molar-refractivity contribution in [2.45, 2.75) is 57.5 Å². The first-order valence-electron chi connectivity index (χ1n) is 13.8. The normalized spacial score (nSPS) is 21.9. The third-order valence-electron chi connectivity index (χ3n) is 7.77. The van der Waals surface area contributed by atoms with Crippen LogP contribution in [0, 0.1) is 5.92 Å². The molecule has 2 aromatic heterocycles. The number of hydrogen-bond acceptors (Lipinski definition) is 7. The largest absolute Gasteiger partial charge is 0.491 e. The average molecular weight is 581 g/mol. The zero-order chi connectivity index (χ0) is 27.9. The van der Waals surface area contributed by atoms with Crippen LogP contribution < -0.4 is 4.74 Å². The SMILES string of the molecule is CC1CC(n2ncc(-c3onc(-c4cccc(OCCN5CCOCC5)c4Cl)c3COC3CC3)c2C(F)(F)F)C1. The number of aromatic nitrogens is 3. The minimum atomic E-state index is -4.63. The number of halogens is 4. The molecule has 0 bridgehead atoms. The molecule has 0 radical (unpaired) electrons. The van der Waals surface area contributed by atoms with E-state index in [1.54, 1.807) is 18.2 Å². The Balaban J connectivity index is 1.32. The van der Waals surface area contributed by atoms with Gasteiger partial charge in [0.2, 0.25) is 0 Å². The van der Waals surface area contributed by atoms with E-state index in [4.69, 9.17) is 30.3 Å². The second-order valence-electron chi connectivity index (χ2n) is 10.8. The van der Waals surface area contributed by atoms with E-state index < -0.39 is 11.9 Å². The zero-order valence-corrected chi connectivity index (χ0v) is 23.0. The number of nitrogens with zero attached hydrogens (tertiary/aromatic N) is 4. The fraction of sp³-hybridized carbons (Fsp3) is 0.571. The molecule has 1 aromatic carbocycles. The number of morpholine rings is 1. The summed E-state index contributed by atoms with van der Waals surface area (Å²) < 4.78 is 67.3. The molecule has 0 N–H and O–H groups in total. The molecule has 0 spiro atoms. The average Bonchev–Trinajstić information content (AvgIpc) is 3.48. The second kappa shape index (κ2) is 11.3. The van der Waals surface area contributed by atoms with Crippen LogP contribution in [0.3, 0.4) is 0 Å². The van der Waals surface area contributed by atoms with E-state index in [0.29, 0.717) is 66.2 Å². The maximum atomic E-state index is 14.4. The summed E-state index contributed by atoms with van der Waals surface area (Å²) in [5, 5.41) is 8.69. The van der Waals surface area contributed by atoms with Crippen molar-refractivity contribution >= 4 is 11.6 Å². The van der Waals surface area contributed by atoms with Crippen LogP contribution in [-0.2, 0) is 22.3 Å². The third kappa shape index (κ3) is 5.74. The van der Waals surface area contributed by atoms with Gasteiger partial charge in [0.05, 0.1) is 54.3 Å². The number of rotatable bonds is 10. The molecule has 2 saturated carbocycles. The Hall–Kier alpha value is -2.60. The van der Waals surface area contributed by atoms with Gasteiger partial charge in [0.25, 0.3) is 0 Å². The molecule has 216 valence electrons. The molecule has 8 nitrogen and oxygen atoms in total. The first kappa shape index (κ1) is 27.6. The first-order valence-corrected chi connectivity index (χ1v) is 14.1. The van der Waals surface area contributed by atoms with Gasteiger partial charge in [-0.15, -0.1) is 0 Å². The summed E-state index contributed by atoms with van der Waals surface area (Å²) in [5.74, 6) is 0.828. The van der Waals surface area contributed by atoms with Crippen molar-refractivity contribution in [3.8, 4) is 28.3 Å². The minimum Gasteiger partial charge on any atom is -0.491 e. The summed E-state index contributed by atoms with van der Waals surface area (Å²) in [5.41, 5.74) is 0.271. The van der Waals surface area contributed by atoms with Crippen LogP contribution in [-0.4, -0.2) is 65.4 Å². The molecule has 3 aliphatic rings. The van der Waals surface area contributed by atoms with Gasteiger partial charge in [0.1, 0.15) is 18.1 Å². The predicted molar refractivity (Wildman–Crippen MR) is 141 cm³/mol. The first-order chi connectivity index (χ1) is 19.3. The van der Waals surface area contributed by atoms with Crippen LogP contribution in [0.15, 0.2) is 28.9 Å². The standard InChI is InChI=1S/C28H32ClF3N4O4/c1-17-13-18(14-17)36-27(28(30,31)32)21(15-33-36)26-22(16-39-19-5-6-19)25(34-40-26)20-3-2-4-23(24(20)29)38-12-9-35-7-10-37-11-8-35/h2-4,15,17-19H,5-14,16H2,1H3. The minimum absolute atomic E-state index is 0.00342. The van der Waals surface area contributed by atoms with E-state index in [1.165, 1.54) is 6.20 Å². The second-order valence-corrected chi connectivity index (χ2v) is 11.2. The molecule has 40 heavy (non-hydrogen) atoms. The van der Waals surface area contributed by atoms with Gasteiger partial charge < -0.3 is 18.7 Å². The predicted octanol–water partition coefficient (Wildman–Crippen LogP) is 6.24. The van der Waals surface area contributed by atoms with Crippen molar-refractivity contribution in [3.05, 3.63) is 40.7 Å². The zero-order valence-electron chi connectivity index (χ0n) is 22.3. The quantitative estimate of drug-likeness (QED) is 0.281. The summed E-state index contributed by atoms with van der Waals surface area (Å²) in [6, 6.07) is 5.00. The smallest absolute Gasteiger partial charge is 0.433 e. The Morgan fingerprint density at radius 3 is 2.60 bits per heavy atom. The maximum absolute atomic E-state index is 14.4. The lowest BCUT2D eigenvalue weighted by molar-refractivity contribution is -0.145. The molecular formula is C28H32ClF3N4O4. The molecule has 0 atom stereocenters. The van der Waals surface area contributed by atoms with Crippen molar-refractivity contribution in [1.82, 2.24) is 19.8 Å². The van der Waals surface area contributed by atoms with E-state index in [9.17, 15) is 13.2 Å². The highest BCUT2D eigenvalue weighted by Gasteiger charge is 2.44. The van der Waals surface area contributed by atoms with Gasteiger partial charge in [-0.1, -0.05) is 35.8 Å².